The molecule has 2 aromatic carbocycles. The summed E-state index contributed by atoms with van der Waals surface area (Å²) in [5.41, 5.74) is 0.824. The van der Waals surface area contributed by atoms with Gasteiger partial charge >= 0.3 is 6.03 Å². The number of piperazine rings is 1. The first-order valence-corrected chi connectivity index (χ1v) is 11.8. The number of hydrazine groups is 1. The maximum Gasteiger partial charge on any atom is 0.334 e. The van der Waals surface area contributed by atoms with Crippen molar-refractivity contribution in [2.24, 2.45) is 0 Å². The number of likely N-dealkylation sites (N-methyl/N-ethyl adjacent to an activating group) is 1. The molecule has 0 radical (unpaired) electrons. The fourth-order valence-electron chi connectivity index (χ4n) is 4.71. The van der Waals surface area contributed by atoms with Crippen LogP contribution < -0.4 is 5.32 Å². The largest absolute Gasteiger partial charge is 0.334 e. The molecule has 2 heterocycles. The van der Waals surface area contributed by atoms with Gasteiger partial charge in [-0.1, -0.05) is 31.5 Å². The molecule has 2 fully saturated rings. The number of carbonyl (C=O) groups excluding carboxylic acids is 3. The second-order valence-corrected chi connectivity index (χ2v) is 8.99. The van der Waals surface area contributed by atoms with Crippen molar-refractivity contribution < 1.29 is 27.6 Å². The monoisotopic (exact) mass is 503 g/mol. The topological polar surface area (TPSA) is 76.2 Å². The minimum atomic E-state index is -0.817. The number of carbonyl (C=O) groups is 3. The average Bonchev–Trinajstić information content (AvgIpc) is 2.83. The van der Waals surface area contributed by atoms with Crippen LogP contribution in [-0.4, -0.2) is 70.0 Å². The van der Waals surface area contributed by atoms with Gasteiger partial charge in [-0.2, -0.15) is 0 Å². The Labute approximate surface area is 207 Å². The van der Waals surface area contributed by atoms with E-state index in [0.29, 0.717) is 18.4 Å². The van der Waals surface area contributed by atoms with Gasteiger partial charge in [0.05, 0.1) is 13.1 Å². The van der Waals surface area contributed by atoms with E-state index in [0.717, 1.165) is 12.1 Å². The lowest BCUT2D eigenvalue weighted by molar-refractivity contribution is -0.188. The Kier molecular flexibility index (Phi) is 7.48. The third-order valence-electron chi connectivity index (χ3n) is 6.44. The van der Waals surface area contributed by atoms with Gasteiger partial charge in [0.2, 0.25) is 11.8 Å². The molecule has 0 spiro atoms. The van der Waals surface area contributed by atoms with Crippen LogP contribution in [0.4, 0.5) is 18.0 Å². The molecule has 192 valence electrons. The van der Waals surface area contributed by atoms with E-state index in [1.165, 1.54) is 38.0 Å². The summed E-state index contributed by atoms with van der Waals surface area (Å²) in [7, 11) is 1.60. The van der Waals surface area contributed by atoms with Gasteiger partial charge in [-0.3, -0.25) is 9.59 Å². The van der Waals surface area contributed by atoms with E-state index in [2.05, 4.69) is 5.32 Å². The first kappa shape index (κ1) is 25.5. The molecule has 11 heteroatoms. The SMILES string of the molecule is CCC[C@H]1C(=O)N(Cc2ccc(F)cc2F)C[C@H]2N1C(=O)CN(C)N2C(=O)NCc1ccc(F)cc1. The fraction of sp³-hybridized carbons (Fsp3) is 0.400. The molecule has 0 aromatic heterocycles. The molecule has 4 amide bonds. The second-order valence-electron chi connectivity index (χ2n) is 8.99. The molecular formula is C25H28F3N5O3. The van der Waals surface area contributed by atoms with Crippen molar-refractivity contribution in [2.45, 2.75) is 45.1 Å². The van der Waals surface area contributed by atoms with E-state index in [1.807, 2.05) is 6.92 Å². The summed E-state index contributed by atoms with van der Waals surface area (Å²) in [5.74, 6) is -2.52. The normalized spacial score (nSPS) is 20.5. The molecule has 4 rings (SSSR count). The number of amides is 4. The smallest absolute Gasteiger partial charge is 0.333 e. The van der Waals surface area contributed by atoms with Gasteiger partial charge in [-0.15, -0.1) is 0 Å². The Balaban J connectivity index is 1.60. The van der Waals surface area contributed by atoms with Crippen molar-refractivity contribution in [3.63, 3.8) is 0 Å². The minimum absolute atomic E-state index is 0.0457. The van der Waals surface area contributed by atoms with Crippen LogP contribution in [0.5, 0.6) is 0 Å². The standard InChI is InChI=1S/C25H28F3N5O3/c1-3-4-21-24(35)31(13-17-7-10-19(27)11-20(17)28)14-22-32(21)23(34)15-30(2)33(22)25(36)29-12-16-5-8-18(26)9-6-16/h5-11,21-22H,3-4,12-15H2,1-2H3,(H,29,36)/t21-,22-/m0/s1. The lowest BCUT2D eigenvalue weighted by Crippen LogP contribution is -2.75. The van der Waals surface area contributed by atoms with Crippen molar-refractivity contribution in [3.8, 4) is 0 Å². The Morgan fingerprint density at radius 1 is 1.06 bits per heavy atom. The summed E-state index contributed by atoms with van der Waals surface area (Å²) in [5, 5.41) is 5.65. The maximum absolute atomic E-state index is 14.4. The number of urea groups is 1. The zero-order valence-electron chi connectivity index (χ0n) is 20.1. The molecule has 0 aliphatic carbocycles. The summed E-state index contributed by atoms with van der Waals surface area (Å²) in [6, 6.07) is 7.55. The Morgan fingerprint density at radius 2 is 1.75 bits per heavy atom. The van der Waals surface area contributed by atoms with Gasteiger partial charge in [0, 0.05) is 31.8 Å². The fourth-order valence-corrected chi connectivity index (χ4v) is 4.71. The van der Waals surface area contributed by atoms with Crippen molar-refractivity contribution >= 4 is 17.8 Å². The Bertz CT molecular complexity index is 1150. The number of nitrogens with one attached hydrogen (secondary N) is 1. The van der Waals surface area contributed by atoms with E-state index < -0.39 is 29.9 Å². The summed E-state index contributed by atoms with van der Waals surface area (Å²) in [4.78, 5) is 42.5. The number of halogens is 3. The van der Waals surface area contributed by atoms with Gasteiger partial charge in [0.1, 0.15) is 29.7 Å². The first-order chi connectivity index (χ1) is 17.2. The van der Waals surface area contributed by atoms with Gasteiger partial charge in [0.25, 0.3) is 0 Å². The molecule has 2 aliphatic heterocycles. The highest BCUT2D eigenvalue weighted by Gasteiger charge is 2.50. The van der Waals surface area contributed by atoms with Crippen molar-refractivity contribution in [3.05, 3.63) is 71.0 Å². The summed E-state index contributed by atoms with van der Waals surface area (Å²) >= 11 is 0. The molecule has 36 heavy (non-hydrogen) atoms. The molecule has 2 aliphatic rings. The Morgan fingerprint density at radius 3 is 2.42 bits per heavy atom. The quantitative estimate of drug-likeness (QED) is 0.658. The number of hydrogen-bond acceptors (Lipinski definition) is 4. The van der Waals surface area contributed by atoms with Crippen LogP contribution in [0, 0.1) is 17.5 Å². The van der Waals surface area contributed by atoms with Crippen molar-refractivity contribution in [1.82, 2.24) is 25.1 Å². The van der Waals surface area contributed by atoms with Crippen LogP contribution in [0.25, 0.3) is 0 Å². The number of hydrogen-bond donors (Lipinski definition) is 1. The lowest BCUT2D eigenvalue weighted by atomic mass is 10.0. The Hall–Kier alpha value is -3.60. The molecule has 2 saturated heterocycles. The molecule has 8 nitrogen and oxygen atoms in total. The number of benzene rings is 2. The molecule has 0 saturated carbocycles. The summed E-state index contributed by atoms with van der Waals surface area (Å²) in [6.45, 7) is 1.75. The third kappa shape index (κ3) is 5.15. The van der Waals surface area contributed by atoms with Crippen LogP contribution in [0.2, 0.25) is 0 Å². The van der Waals surface area contributed by atoms with Crippen molar-refractivity contribution in [1.29, 1.82) is 0 Å². The van der Waals surface area contributed by atoms with Gasteiger partial charge in [-0.25, -0.2) is 28.0 Å². The minimum Gasteiger partial charge on any atom is -0.333 e. The van der Waals surface area contributed by atoms with E-state index in [-0.39, 0.29) is 49.4 Å². The highest BCUT2D eigenvalue weighted by atomic mass is 19.1. The predicted molar refractivity (Wildman–Crippen MR) is 124 cm³/mol. The maximum atomic E-state index is 14.4. The van der Waals surface area contributed by atoms with Gasteiger partial charge < -0.3 is 15.1 Å². The van der Waals surface area contributed by atoms with Gasteiger partial charge in [-0.05, 0) is 30.2 Å². The van der Waals surface area contributed by atoms with Crippen LogP contribution in [0.15, 0.2) is 42.5 Å². The van der Waals surface area contributed by atoms with E-state index in [9.17, 15) is 27.6 Å². The number of fused-ring (bicyclic) bond motifs is 1. The predicted octanol–water partition coefficient (Wildman–Crippen LogP) is 2.84. The number of nitrogens with zero attached hydrogens (tertiary/aromatic N) is 4. The summed E-state index contributed by atoms with van der Waals surface area (Å²) < 4.78 is 41.0. The lowest BCUT2D eigenvalue weighted by Gasteiger charge is -2.54. The highest BCUT2D eigenvalue weighted by Crippen LogP contribution is 2.29. The second kappa shape index (κ2) is 10.6. The highest BCUT2D eigenvalue weighted by molar-refractivity contribution is 5.91. The van der Waals surface area contributed by atoms with Gasteiger partial charge in [0.15, 0.2) is 0 Å². The third-order valence-corrected chi connectivity index (χ3v) is 6.44. The zero-order chi connectivity index (χ0) is 26.0. The first-order valence-electron chi connectivity index (χ1n) is 11.8. The molecule has 0 bridgehead atoms. The molecule has 2 aromatic rings. The average molecular weight is 504 g/mol. The molecule has 0 unspecified atom stereocenters. The van der Waals surface area contributed by atoms with Crippen LogP contribution >= 0.6 is 0 Å². The summed E-state index contributed by atoms with van der Waals surface area (Å²) in [6.07, 6.45) is 0.165. The number of rotatable bonds is 6. The van der Waals surface area contributed by atoms with E-state index >= 15 is 0 Å². The van der Waals surface area contributed by atoms with Crippen LogP contribution in [0.1, 0.15) is 30.9 Å². The molecule has 2 atom stereocenters. The van der Waals surface area contributed by atoms with Crippen LogP contribution in [0.3, 0.4) is 0 Å². The van der Waals surface area contributed by atoms with Crippen LogP contribution in [-0.2, 0) is 22.7 Å². The van der Waals surface area contributed by atoms with E-state index in [4.69, 9.17) is 0 Å². The van der Waals surface area contributed by atoms with E-state index in [1.54, 1.807) is 19.2 Å². The van der Waals surface area contributed by atoms with Crippen molar-refractivity contribution in [2.75, 3.05) is 20.1 Å². The molecular weight excluding hydrogens is 475 g/mol. The molecule has 1 N–H and O–H groups in total. The zero-order valence-corrected chi connectivity index (χ0v) is 20.1.